The number of aryl methyl sites for hydroxylation is 1. The number of piperazine rings is 1. The monoisotopic (exact) mass is 411 g/mol. The van der Waals surface area contributed by atoms with Crippen LogP contribution in [0, 0.1) is 6.92 Å². The van der Waals surface area contributed by atoms with Gasteiger partial charge in [-0.3, -0.25) is 0 Å². The minimum atomic E-state index is 0.302. The van der Waals surface area contributed by atoms with E-state index in [9.17, 15) is 0 Å². The Kier molecular flexibility index (Phi) is 6.11. The van der Waals surface area contributed by atoms with Gasteiger partial charge in [-0.25, -0.2) is 4.68 Å². The molecule has 1 aromatic heterocycles. The Hall–Kier alpha value is -2.44. The number of aromatic nitrogens is 4. The van der Waals surface area contributed by atoms with Crippen molar-refractivity contribution in [3.05, 3.63) is 70.5 Å². The Morgan fingerprint density at radius 2 is 1.86 bits per heavy atom. The van der Waals surface area contributed by atoms with Crippen LogP contribution in [0.1, 0.15) is 36.3 Å². The van der Waals surface area contributed by atoms with Crippen LogP contribution in [0.15, 0.2) is 48.5 Å². The molecule has 2 aromatic carbocycles. The van der Waals surface area contributed by atoms with Gasteiger partial charge in [-0.15, -0.1) is 5.10 Å². The van der Waals surface area contributed by atoms with E-state index < -0.39 is 0 Å². The summed E-state index contributed by atoms with van der Waals surface area (Å²) in [6.45, 7) is 9.22. The topological polar surface area (TPSA) is 51.3 Å². The molecule has 1 fully saturated rings. The first kappa shape index (κ1) is 19.9. The molecule has 1 aliphatic rings. The summed E-state index contributed by atoms with van der Waals surface area (Å²) < 4.78 is 1.96. The maximum Gasteiger partial charge on any atom is 0.209 e. The van der Waals surface area contributed by atoms with E-state index in [1.54, 1.807) is 4.90 Å². The van der Waals surface area contributed by atoms with Crippen molar-refractivity contribution < 1.29 is 4.90 Å². The van der Waals surface area contributed by atoms with Crippen molar-refractivity contribution in [2.24, 2.45) is 0 Å². The average Bonchev–Trinajstić information content (AvgIpc) is 3.19. The summed E-state index contributed by atoms with van der Waals surface area (Å²) in [5, 5.41) is 13.5. The highest BCUT2D eigenvalue weighted by molar-refractivity contribution is 6.30. The fraction of sp³-hybridized carbons (Fsp3) is 0.409. The Bertz CT molecular complexity index is 933. The number of benzene rings is 2. The minimum absolute atomic E-state index is 0.302. The molecular formula is C22H28ClN6+. The van der Waals surface area contributed by atoms with Crippen LogP contribution in [-0.4, -0.2) is 46.4 Å². The normalized spacial score (nSPS) is 16.2. The van der Waals surface area contributed by atoms with Gasteiger partial charge >= 0.3 is 0 Å². The first-order chi connectivity index (χ1) is 14.2. The highest BCUT2D eigenvalue weighted by atomic mass is 35.5. The van der Waals surface area contributed by atoms with Crippen LogP contribution >= 0.6 is 11.6 Å². The van der Waals surface area contributed by atoms with Crippen LogP contribution < -0.4 is 9.80 Å². The zero-order chi connectivity index (χ0) is 20.2. The van der Waals surface area contributed by atoms with E-state index in [-0.39, 0.29) is 0 Å². The number of hydrogen-bond donors (Lipinski definition) is 1. The Labute approximate surface area is 177 Å². The van der Waals surface area contributed by atoms with E-state index in [1.165, 1.54) is 16.8 Å². The molecule has 29 heavy (non-hydrogen) atoms. The van der Waals surface area contributed by atoms with Gasteiger partial charge in [-0.05, 0) is 40.6 Å². The highest BCUT2D eigenvalue weighted by Crippen LogP contribution is 2.24. The number of nitrogens with zero attached hydrogens (tertiary/aromatic N) is 5. The molecule has 6 nitrogen and oxygen atoms in total. The highest BCUT2D eigenvalue weighted by Gasteiger charge is 2.31. The number of anilines is 1. The SMILES string of the molecule is CC[C@H](c1nnnn1Cc1ccccc1)[NH+]1CCN(c2cc(Cl)ccc2C)CC1. The maximum atomic E-state index is 6.23. The smallest absolute Gasteiger partial charge is 0.209 e. The number of nitrogens with one attached hydrogen (secondary N) is 1. The number of quaternary nitrogens is 1. The van der Waals surface area contributed by atoms with Gasteiger partial charge in [0.15, 0.2) is 0 Å². The molecule has 0 saturated carbocycles. The first-order valence-electron chi connectivity index (χ1n) is 10.3. The number of rotatable bonds is 6. The largest absolute Gasteiger partial charge is 0.360 e. The molecule has 1 N–H and O–H groups in total. The molecule has 7 heteroatoms. The molecule has 152 valence electrons. The van der Waals surface area contributed by atoms with E-state index in [0.717, 1.165) is 43.4 Å². The van der Waals surface area contributed by atoms with E-state index in [0.29, 0.717) is 12.6 Å². The summed E-state index contributed by atoms with van der Waals surface area (Å²) in [7, 11) is 0. The third kappa shape index (κ3) is 4.43. The Balaban J connectivity index is 1.46. The second-order valence-electron chi connectivity index (χ2n) is 7.72. The van der Waals surface area contributed by atoms with E-state index >= 15 is 0 Å². The number of halogens is 1. The molecular weight excluding hydrogens is 384 g/mol. The van der Waals surface area contributed by atoms with Crippen molar-refractivity contribution in [2.45, 2.75) is 32.9 Å². The lowest BCUT2D eigenvalue weighted by Crippen LogP contribution is -3.15. The van der Waals surface area contributed by atoms with Gasteiger partial charge in [0.05, 0.1) is 32.7 Å². The lowest BCUT2D eigenvalue weighted by atomic mass is 10.1. The predicted octanol–water partition coefficient (Wildman–Crippen LogP) is 2.54. The van der Waals surface area contributed by atoms with Gasteiger partial charge in [0.2, 0.25) is 5.82 Å². The zero-order valence-electron chi connectivity index (χ0n) is 17.1. The van der Waals surface area contributed by atoms with Gasteiger partial charge in [0.25, 0.3) is 0 Å². The summed E-state index contributed by atoms with van der Waals surface area (Å²) in [4.78, 5) is 4.00. The predicted molar refractivity (Wildman–Crippen MR) is 115 cm³/mol. The molecule has 4 rings (SSSR count). The third-order valence-corrected chi connectivity index (χ3v) is 6.10. The average molecular weight is 412 g/mol. The van der Waals surface area contributed by atoms with Crippen LogP contribution in [0.2, 0.25) is 5.02 Å². The Morgan fingerprint density at radius 3 is 2.59 bits per heavy atom. The van der Waals surface area contributed by atoms with Crippen molar-refractivity contribution in [1.82, 2.24) is 20.2 Å². The van der Waals surface area contributed by atoms with Gasteiger partial charge in [0, 0.05) is 17.1 Å². The second kappa shape index (κ2) is 8.93. The van der Waals surface area contributed by atoms with Gasteiger partial charge in [-0.1, -0.05) is 54.9 Å². The van der Waals surface area contributed by atoms with Crippen molar-refractivity contribution >= 4 is 17.3 Å². The van der Waals surface area contributed by atoms with E-state index in [4.69, 9.17) is 11.6 Å². The molecule has 1 saturated heterocycles. The lowest BCUT2D eigenvalue weighted by Gasteiger charge is -2.37. The second-order valence-corrected chi connectivity index (χ2v) is 8.15. The molecule has 0 bridgehead atoms. The van der Waals surface area contributed by atoms with E-state index in [2.05, 4.69) is 70.7 Å². The van der Waals surface area contributed by atoms with Gasteiger partial charge in [0.1, 0.15) is 6.04 Å². The minimum Gasteiger partial charge on any atom is -0.360 e. The van der Waals surface area contributed by atoms with Crippen molar-refractivity contribution in [1.29, 1.82) is 0 Å². The molecule has 0 unspecified atom stereocenters. The van der Waals surface area contributed by atoms with Crippen LogP contribution in [0.3, 0.4) is 0 Å². The van der Waals surface area contributed by atoms with Crippen molar-refractivity contribution in [3.63, 3.8) is 0 Å². The molecule has 1 aliphatic heterocycles. The molecule has 0 radical (unpaired) electrons. The molecule has 0 spiro atoms. The maximum absolute atomic E-state index is 6.23. The molecule has 0 aliphatic carbocycles. The van der Waals surface area contributed by atoms with Gasteiger partial charge < -0.3 is 9.80 Å². The Morgan fingerprint density at radius 1 is 1.10 bits per heavy atom. The first-order valence-corrected chi connectivity index (χ1v) is 10.7. The number of tetrazole rings is 1. The van der Waals surface area contributed by atoms with Crippen molar-refractivity contribution in [2.75, 3.05) is 31.1 Å². The lowest BCUT2D eigenvalue weighted by molar-refractivity contribution is -0.933. The summed E-state index contributed by atoms with van der Waals surface area (Å²) in [5.41, 5.74) is 3.74. The molecule has 2 heterocycles. The summed E-state index contributed by atoms with van der Waals surface area (Å²) in [6, 6.07) is 16.8. The molecule has 1 atom stereocenters. The number of hydrogen-bond acceptors (Lipinski definition) is 4. The summed E-state index contributed by atoms with van der Waals surface area (Å²) in [5.74, 6) is 0.985. The van der Waals surface area contributed by atoms with Gasteiger partial charge in [-0.2, -0.15) is 0 Å². The third-order valence-electron chi connectivity index (χ3n) is 5.87. The van der Waals surface area contributed by atoms with Crippen LogP contribution in [-0.2, 0) is 6.54 Å². The summed E-state index contributed by atoms with van der Waals surface area (Å²) >= 11 is 6.23. The van der Waals surface area contributed by atoms with E-state index in [1.807, 2.05) is 16.8 Å². The fourth-order valence-corrected chi connectivity index (χ4v) is 4.46. The molecule has 0 amide bonds. The van der Waals surface area contributed by atoms with Crippen LogP contribution in [0.5, 0.6) is 0 Å². The van der Waals surface area contributed by atoms with Crippen molar-refractivity contribution in [3.8, 4) is 0 Å². The fourth-order valence-electron chi connectivity index (χ4n) is 4.29. The quantitative estimate of drug-likeness (QED) is 0.677. The zero-order valence-corrected chi connectivity index (χ0v) is 17.8. The van der Waals surface area contributed by atoms with Crippen LogP contribution in [0.4, 0.5) is 5.69 Å². The standard InChI is InChI=1S/C22H27ClN6/c1-3-20(22-24-25-26-29(22)16-18-7-5-4-6-8-18)27-11-13-28(14-12-27)21-15-19(23)10-9-17(21)2/h4-10,15,20H,3,11-14,16H2,1-2H3/p+1/t20-/m1/s1. The van der Waals surface area contributed by atoms with Crippen LogP contribution in [0.25, 0.3) is 0 Å². The molecule has 3 aromatic rings. The summed E-state index contributed by atoms with van der Waals surface area (Å²) in [6.07, 6.45) is 1.01.